The summed E-state index contributed by atoms with van der Waals surface area (Å²) in [6.45, 7) is 3.08. The molecule has 1 heterocycles. The van der Waals surface area contributed by atoms with E-state index in [9.17, 15) is 8.42 Å². The lowest BCUT2D eigenvalue weighted by molar-refractivity contribution is 0.379. The molecule has 5 heteroatoms. The zero-order chi connectivity index (χ0) is 14.6. The lowest BCUT2D eigenvalue weighted by Gasteiger charge is -2.24. The molecule has 1 aliphatic rings. The van der Waals surface area contributed by atoms with Crippen molar-refractivity contribution in [3.8, 4) is 0 Å². The van der Waals surface area contributed by atoms with Crippen LogP contribution in [0.4, 0.5) is 0 Å². The maximum absolute atomic E-state index is 11.7. The highest BCUT2D eigenvalue weighted by Gasteiger charge is 2.33. The molecule has 2 atom stereocenters. The summed E-state index contributed by atoms with van der Waals surface area (Å²) < 4.78 is 24.4. The Labute approximate surface area is 130 Å². The largest absolute Gasteiger partial charge is 0.313 e. The Morgan fingerprint density at radius 2 is 2.05 bits per heavy atom. The molecule has 0 bridgehead atoms. The SMILES string of the molecule is CCCNC(Cc1ccc(Br)cc1)C1CCS(=O)(=O)C1. The van der Waals surface area contributed by atoms with Gasteiger partial charge >= 0.3 is 0 Å². The second-order valence-corrected chi connectivity index (χ2v) is 8.70. The molecule has 0 aliphatic carbocycles. The molecule has 0 amide bonds. The Morgan fingerprint density at radius 1 is 1.35 bits per heavy atom. The fraction of sp³-hybridized carbons (Fsp3) is 0.600. The summed E-state index contributed by atoms with van der Waals surface area (Å²) >= 11 is 3.44. The number of hydrogen-bond acceptors (Lipinski definition) is 3. The number of sulfone groups is 1. The predicted octanol–water partition coefficient (Wildman–Crippen LogP) is 2.79. The first-order chi connectivity index (χ1) is 9.50. The third-order valence-electron chi connectivity index (χ3n) is 3.86. The molecule has 3 nitrogen and oxygen atoms in total. The highest BCUT2D eigenvalue weighted by atomic mass is 79.9. The Bertz CT molecular complexity index is 527. The van der Waals surface area contributed by atoms with E-state index >= 15 is 0 Å². The van der Waals surface area contributed by atoms with E-state index in [1.165, 1.54) is 5.56 Å². The van der Waals surface area contributed by atoms with Gasteiger partial charge in [0.25, 0.3) is 0 Å². The number of halogens is 1. The van der Waals surface area contributed by atoms with E-state index in [0.29, 0.717) is 11.5 Å². The van der Waals surface area contributed by atoms with Crippen LogP contribution in [0.1, 0.15) is 25.3 Å². The Hall–Kier alpha value is -0.390. The van der Waals surface area contributed by atoms with Gasteiger partial charge in [-0.1, -0.05) is 35.0 Å². The zero-order valence-corrected chi connectivity index (χ0v) is 14.2. The van der Waals surface area contributed by atoms with Crippen molar-refractivity contribution in [3.05, 3.63) is 34.3 Å². The van der Waals surface area contributed by atoms with Gasteiger partial charge in [-0.15, -0.1) is 0 Å². The second kappa shape index (κ2) is 7.05. The molecule has 0 spiro atoms. The minimum absolute atomic E-state index is 0.246. The van der Waals surface area contributed by atoms with Crippen molar-refractivity contribution in [1.29, 1.82) is 0 Å². The topological polar surface area (TPSA) is 46.2 Å². The Balaban J connectivity index is 2.05. The van der Waals surface area contributed by atoms with Gasteiger partial charge in [0, 0.05) is 10.5 Å². The lowest BCUT2D eigenvalue weighted by atomic mass is 9.93. The van der Waals surface area contributed by atoms with Crippen LogP contribution in [-0.2, 0) is 16.3 Å². The highest BCUT2D eigenvalue weighted by Crippen LogP contribution is 2.24. The van der Waals surface area contributed by atoms with Crippen LogP contribution >= 0.6 is 15.9 Å². The number of benzene rings is 1. The van der Waals surface area contributed by atoms with E-state index < -0.39 is 9.84 Å². The van der Waals surface area contributed by atoms with E-state index in [2.05, 4.69) is 40.3 Å². The molecule has 2 rings (SSSR count). The smallest absolute Gasteiger partial charge is 0.150 e. The number of hydrogen-bond donors (Lipinski definition) is 1. The van der Waals surface area contributed by atoms with Gasteiger partial charge in [0.1, 0.15) is 0 Å². The molecule has 112 valence electrons. The minimum atomic E-state index is -2.81. The first-order valence-electron chi connectivity index (χ1n) is 7.18. The number of nitrogens with one attached hydrogen (secondary N) is 1. The van der Waals surface area contributed by atoms with Gasteiger partial charge in [0.2, 0.25) is 0 Å². The summed E-state index contributed by atoms with van der Waals surface area (Å²) in [6.07, 6.45) is 2.75. The van der Waals surface area contributed by atoms with Crippen molar-refractivity contribution >= 4 is 25.8 Å². The Morgan fingerprint density at radius 3 is 2.60 bits per heavy atom. The molecule has 1 N–H and O–H groups in total. The molecule has 2 unspecified atom stereocenters. The normalized spacial score (nSPS) is 22.8. The van der Waals surface area contributed by atoms with Crippen LogP contribution in [0.5, 0.6) is 0 Å². The van der Waals surface area contributed by atoms with Gasteiger partial charge in [0.05, 0.1) is 11.5 Å². The average Bonchev–Trinajstić information content (AvgIpc) is 2.77. The van der Waals surface area contributed by atoms with Crippen LogP contribution in [0.3, 0.4) is 0 Å². The zero-order valence-electron chi connectivity index (χ0n) is 11.8. The van der Waals surface area contributed by atoms with Crippen molar-refractivity contribution in [3.63, 3.8) is 0 Å². The maximum atomic E-state index is 11.7. The molecule has 1 aromatic carbocycles. The average molecular weight is 360 g/mol. The summed E-state index contributed by atoms with van der Waals surface area (Å²) in [5.74, 6) is 0.933. The first kappa shape index (κ1) is 16.0. The number of rotatable bonds is 6. The monoisotopic (exact) mass is 359 g/mol. The maximum Gasteiger partial charge on any atom is 0.150 e. The molecule has 1 fully saturated rings. The third kappa shape index (κ3) is 4.57. The van der Waals surface area contributed by atoms with Gasteiger partial charge in [-0.25, -0.2) is 8.42 Å². The van der Waals surface area contributed by atoms with Crippen molar-refractivity contribution in [2.24, 2.45) is 5.92 Å². The summed E-state index contributed by atoms with van der Waals surface area (Å²) in [4.78, 5) is 0. The lowest BCUT2D eigenvalue weighted by Crippen LogP contribution is -2.39. The van der Waals surface area contributed by atoms with Gasteiger partial charge in [-0.2, -0.15) is 0 Å². The van der Waals surface area contributed by atoms with Gasteiger partial charge in [-0.05, 0) is 49.4 Å². The van der Waals surface area contributed by atoms with Crippen molar-refractivity contribution in [2.45, 2.75) is 32.2 Å². The first-order valence-corrected chi connectivity index (χ1v) is 9.80. The molecule has 1 aromatic rings. The van der Waals surface area contributed by atoms with Crippen molar-refractivity contribution in [2.75, 3.05) is 18.1 Å². The Kier molecular flexibility index (Phi) is 5.64. The summed E-state index contributed by atoms with van der Waals surface area (Å²) in [7, 11) is -2.81. The summed E-state index contributed by atoms with van der Waals surface area (Å²) in [5.41, 5.74) is 1.26. The van der Waals surface area contributed by atoms with Gasteiger partial charge in [0.15, 0.2) is 9.84 Å². The minimum Gasteiger partial charge on any atom is -0.313 e. The fourth-order valence-electron chi connectivity index (χ4n) is 2.75. The van der Waals surface area contributed by atoms with Crippen LogP contribution in [0.2, 0.25) is 0 Å². The van der Waals surface area contributed by atoms with Crippen LogP contribution in [-0.4, -0.2) is 32.5 Å². The summed E-state index contributed by atoms with van der Waals surface area (Å²) in [5, 5.41) is 3.54. The van der Waals surface area contributed by atoms with E-state index in [1.54, 1.807) is 0 Å². The van der Waals surface area contributed by atoms with Gasteiger partial charge in [-0.3, -0.25) is 0 Å². The predicted molar refractivity (Wildman–Crippen MR) is 86.7 cm³/mol. The molecule has 0 radical (unpaired) electrons. The van der Waals surface area contributed by atoms with Crippen molar-refractivity contribution in [1.82, 2.24) is 5.32 Å². The molecule has 20 heavy (non-hydrogen) atoms. The van der Waals surface area contributed by atoms with Gasteiger partial charge < -0.3 is 5.32 Å². The van der Waals surface area contributed by atoms with Crippen LogP contribution in [0.15, 0.2) is 28.7 Å². The standard InChI is InChI=1S/C15H22BrNO2S/c1-2-8-17-15(13-7-9-20(18,19)11-13)10-12-3-5-14(16)6-4-12/h3-6,13,15,17H,2,7-11H2,1H3. The highest BCUT2D eigenvalue weighted by molar-refractivity contribution is 9.10. The second-order valence-electron chi connectivity index (χ2n) is 5.55. The van der Waals surface area contributed by atoms with E-state index in [-0.39, 0.29) is 12.0 Å². The molecule has 0 aromatic heterocycles. The molecule has 1 aliphatic heterocycles. The van der Waals surface area contributed by atoms with Crippen LogP contribution < -0.4 is 5.32 Å². The molecular formula is C15H22BrNO2S. The quantitative estimate of drug-likeness (QED) is 0.849. The molecule has 1 saturated heterocycles. The third-order valence-corrected chi connectivity index (χ3v) is 6.18. The van der Waals surface area contributed by atoms with E-state index in [0.717, 1.165) is 30.3 Å². The van der Waals surface area contributed by atoms with E-state index in [4.69, 9.17) is 0 Å². The summed E-state index contributed by atoms with van der Waals surface area (Å²) in [6, 6.07) is 8.55. The fourth-order valence-corrected chi connectivity index (χ4v) is 4.89. The molecule has 0 saturated carbocycles. The molecular weight excluding hydrogens is 338 g/mol. The van der Waals surface area contributed by atoms with Crippen molar-refractivity contribution < 1.29 is 8.42 Å². The van der Waals surface area contributed by atoms with Crippen LogP contribution in [0.25, 0.3) is 0 Å². The van der Waals surface area contributed by atoms with Crippen LogP contribution in [0, 0.1) is 5.92 Å². The van der Waals surface area contributed by atoms with E-state index in [1.807, 2.05) is 12.1 Å².